The second kappa shape index (κ2) is 24.4. The molecule has 4 heteroatoms. The average Bonchev–Trinajstić information content (AvgIpc) is 1.47. The average molecular weight is 1370 g/mol. The molecule has 0 fully saturated rings. The first kappa shape index (κ1) is 61.6. The standard InChI is InChI=1S/2C45H31.2CH3.2ClH.H2Si.Zr/c2*1-2-12-30(13-3-1)22-23-31-26-42-40(44-36-18-8-4-14-32(36)28-33-15-5-9-19-37(33)44)24-25-41(43(42)27-31)45-38-20-10-6-16-34(38)29-35-17-7-11-21-39(35)45;;;;;;/h2*1-21,24-29H,22-23H2;2*1H3;2*1H;1H2;/p-2. The number of aryl methyl sites for hydroxylation is 2. The molecule has 0 bridgehead atoms. The quantitative estimate of drug-likeness (QED) is 0.0845. The van der Waals surface area contributed by atoms with Gasteiger partial charge in [-0.25, -0.2) is 0 Å². The predicted molar refractivity (Wildman–Crippen MR) is 406 cm³/mol. The van der Waals surface area contributed by atoms with Crippen molar-refractivity contribution >= 4 is 105 Å². The zero-order chi connectivity index (χ0) is 62.7. The summed E-state index contributed by atoms with van der Waals surface area (Å²) in [6.45, 7) is 2.54. The number of allylic oxidation sites excluding steroid dienone is 2. The largest absolute Gasteiger partial charge is 1.00 e. The molecule has 462 valence electrons. The van der Waals surface area contributed by atoms with E-state index >= 15 is 0 Å². The van der Waals surface area contributed by atoms with Gasteiger partial charge in [-0.1, -0.05) is 0 Å². The molecule has 16 aromatic rings. The van der Waals surface area contributed by atoms with E-state index in [2.05, 4.69) is 332 Å². The molecule has 0 spiro atoms. The molecule has 2 aliphatic carbocycles. The van der Waals surface area contributed by atoms with Crippen molar-refractivity contribution in [2.45, 2.75) is 42.2 Å². The summed E-state index contributed by atoms with van der Waals surface area (Å²) in [5, 5.41) is 20.5. The minimum atomic E-state index is -4.96. The second-order valence-corrected chi connectivity index (χ2v) is 58.4. The third-order valence-corrected chi connectivity index (χ3v) is 39.1. The Morgan fingerprint density at radius 3 is 0.740 bits per heavy atom. The van der Waals surface area contributed by atoms with Crippen LogP contribution in [-0.4, -0.2) is 6.88 Å². The van der Waals surface area contributed by atoms with Gasteiger partial charge in [0, 0.05) is 0 Å². The van der Waals surface area contributed by atoms with E-state index in [1.807, 2.05) is 0 Å². The molecule has 96 heavy (non-hydrogen) atoms. The molecule has 0 nitrogen and oxygen atoms in total. The summed E-state index contributed by atoms with van der Waals surface area (Å²) in [6.07, 6.45) is 9.36. The van der Waals surface area contributed by atoms with Crippen molar-refractivity contribution in [3.05, 3.63) is 348 Å². The Balaban J connectivity index is 0.00000362. The van der Waals surface area contributed by atoms with Gasteiger partial charge in [0.05, 0.1) is 0 Å². The van der Waals surface area contributed by atoms with Crippen molar-refractivity contribution < 1.29 is 42.2 Å². The van der Waals surface area contributed by atoms with E-state index in [9.17, 15) is 0 Å². The first-order valence-corrected chi connectivity index (χ1v) is 47.4. The fourth-order valence-corrected chi connectivity index (χ4v) is 37.5. The third kappa shape index (κ3) is 10.1. The topological polar surface area (TPSA) is 0 Å². The molecule has 0 aromatic heterocycles. The van der Waals surface area contributed by atoms with Crippen LogP contribution in [0.1, 0.15) is 53.5 Å². The molecule has 0 aliphatic heterocycles. The number of rotatable bonds is 12. The van der Waals surface area contributed by atoms with E-state index in [0.29, 0.717) is 0 Å². The Morgan fingerprint density at radius 1 is 0.260 bits per heavy atom. The van der Waals surface area contributed by atoms with Gasteiger partial charge in [-0.15, -0.1) is 0 Å². The Bertz CT molecular complexity index is 5400. The molecule has 0 heterocycles. The minimum Gasteiger partial charge on any atom is -1.00 e. The van der Waals surface area contributed by atoms with Crippen LogP contribution in [0.25, 0.3) is 143 Å². The molecular weight excluding hydrogens is 1300 g/mol. The molecule has 0 saturated carbocycles. The molecule has 18 rings (SSSR count). The zero-order valence-electron chi connectivity index (χ0n) is 54.0. The van der Waals surface area contributed by atoms with Crippen molar-refractivity contribution in [1.82, 2.24) is 0 Å². The summed E-state index contributed by atoms with van der Waals surface area (Å²) in [4.78, 5) is 0. The zero-order valence-corrected chi connectivity index (χ0v) is 59.4. The molecule has 0 N–H and O–H groups in total. The van der Waals surface area contributed by atoms with E-state index in [1.165, 1.54) is 164 Å². The van der Waals surface area contributed by atoms with Crippen LogP contribution in [-0.2, 0) is 30.2 Å². The van der Waals surface area contributed by atoms with Crippen LogP contribution in [0.4, 0.5) is 0 Å². The fraction of sp³-hybridized carbons (Fsp3) is 0.0870. The van der Waals surface area contributed by atoms with Crippen LogP contribution in [0.15, 0.2) is 314 Å². The van der Waals surface area contributed by atoms with E-state index in [-0.39, 0.29) is 32.1 Å². The van der Waals surface area contributed by atoms with Gasteiger partial charge < -0.3 is 24.8 Å². The van der Waals surface area contributed by atoms with Gasteiger partial charge in [0.15, 0.2) is 0 Å². The smallest absolute Gasteiger partial charge is 1.00 e. The fourth-order valence-electron chi connectivity index (χ4n) is 17.8. The molecule has 16 aromatic carbocycles. The minimum absolute atomic E-state index is 0. The first-order chi connectivity index (χ1) is 46.2. The van der Waals surface area contributed by atoms with Crippen LogP contribution in [0, 0.1) is 0 Å². The molecule has 0 radical (unpaired) electrons. The van der Waals surface area contributed by atoms with Gasteiger partial charge in [0.1, 0.15) is 0 Å². The third-order valence-electron chi connectivity index (χ3n) is 21.7. The summed E-state index contributed by atoms with van der Waals surface area (Å²) in [6, 6.07) is 116. The normalized spacial score (nSPS) is 14.5. The summed E-state index contributed by atoms with van der Waals surface area (Å²) >= 11 is -4.96. The molecule has 2 atom stereocenters. The van der Waals surface area contributed by atoms with E-state index < -0.39 is 17.4 Å². The number of benzene rings is 16. The Labute approximate surface area is 577 Å². The van der Waals surface area contributed by atoms with Crippen molar-refractivity contribution in [2.75, 3.05) is 0 Å². The van der Waals surface area contributed by atoms with Crippen molar-refractivity contribution in [3.63, 3.8) is 0 Å². The number of hydrogen-bond donors (Lipinski definition) is 0. The van der Waals surface area contributed by atoms with Crippen LogP contribution < -0.4 is 24.8 Å². The van der Waals surface area contributed by atoms with Gasteiger partial charge in [-0.05, 0) is 0 Å². The Hall–Kier alpha value is -9.24. The SMILES string of the molecule is [CH3][Zr]([CH3])(=[SiH2])([CH]1C(CCc2ccccc2)=Cc2c(-c3c4ccccc4cc4ccccc34)ccc(-c3c4ccccc4cc4ccccc34)c21)[CH]1C(CCc2ccccc2)=Cc2c(-c3c4ccccc4cc4ccccc34)ccc(-c3c4ccccc4cc4ccccc34)c21.[Cl-].[Cl-]. The summed E-state index contributed by atoms with van der Waals surface area (Å²) in [5.41, 5.74) is 22.5. The van der Waals surface area contributed by atoms with Crippen LogP contribution in [0.2, 0.25) is 9.26 Å². The molecule has 2 unspecified atom stereocenters. The van der Waals surface area contributed by atoms with Gasteiger partial charge >= 0.3 is 557 Å². The summed E-state index contributed by atoms with van der Waals surface area (Å²) in [7, 11) is 0. The van der Waals surface area contributed by atoms with Crippen molar-refractivity contribution in [1.29, 1.82) is 0 Å². The Morgan fingerprint density at radius 2 is 0.479 bits per heavy atom. The summed E-state index contributed by atoms with van der Waals surface area (Å²) < 4.78 is 6.12. The predicted octanol–water partition coefficient (Wildman–Crippen LogP) is 18.8. The number of halogens is 2. The van der Waals surface area contributed by atoms with Crippen LogP contribution in [0.5, 0.6) is 0 Å². The van der Waals surface area contributed by atoms with Crippen molar-refractivity contribution in [2.24, 2.45) is 0 Å². The number of hydrogen-bond acceptors (Lipinski definition) is 0. The van der Waals surface area contributed by atoms with Gasteiger partial charge in [0.25, 0.3) is 0 Å². The maximum Gasteiger partial charge on any atom is -1.00 e. The van der Waals surface area contributed by atoms with Crippen LogP contribution in [0.3, 0.4) is 0 Å². The Kier molecular flexibility index (Phi) is 15.7. The van der Waals surface area contributed by atoms with E-state index in [4.69, 9.17) is 0 Å². The molecule has 0 saturated heterocycles. The van der Waals surface area contributed by atoms with Gasteiger partial charge in [-0.2, -0.15) is 0 Å². The van der Waals surface area contributed by atoms with Crippen LogP contribution >= 0.6 is 0 Å². The maximum absolute atomic E-state index is 4.96. The van der Waals surface area contributed by atoms with E-state index in [0.717, 1.165) is 25.7 Å². The van der Waals surface area contributed by atoms with Crippen molar-refractivity contribution in [3.8, 4) is 44.5 Å². The second-order valence-electron chi connectivity index (χ2n) is 28.0. The van der Waals surface area contributed by atoms with Gasteiger partial charge in [-0.3, -0.25) is 0 Å². The summed E-state index contributed by atoms with van der Waals surface area (Å²) in [5.74, 6) is 0. The first-order valence-electron chi connectivity index (χ1n) is 33.7. The maximum atomic E-state index is 2.93. The molecular formula is C92H70Cl2SiZr-2. The van der Waals surface area contributed by atoms with E-state index in [1.54, 1.807) is 11.1 Å². The number of fused-ring (bicyclic) bond motifs is 10. The molecule has 2 aliphatic rings. The molecule has 0 amide bonds. The monoisotopic (exact) mass is 1360 g/mol. The van der Waals surface area contributed by atoms with Gasteiger partial charge in [0.2, 0.25) is 0 Å².